The molecule has 19 heavy (non-hydrogen) atoms. The molecule has 3 heterocycles. The van der Waals surface area contributed by atoms with Crippen LogP contribution in [-0.4, -0.2) is 64.3 Å². The van der Waals surface area contributed by atoms with E-state index in [1.165, 1.54) is 0 Å². The predicted molar refractivity (Wildman–Crippen MR) is 76.5 cm³/mol. The van der Waals surface area contributed by atoms with Gasteiger partial charge in [-0.25, -0.2) is 0 Å². The summed E-state index contributed by atoms with van der Waals surface area (Å²) in [7, 11) is 2.18. The second kappa shape index (κ2) is 5.45. The third kappa shape index (κ3) is 2.88. The second-order valence-electron chi connectivity index (χ2n) is 5.10. The van der Waals surface area contributed by atoms with E-state index in [0.29, 0.717) is 5.15 Å². The topological polar surface area (TPSA) is 37.2 Å². The van der Waals surface area contributed by atoms with Crippen LogP contribution in [0, 0.1) is 0 Å². The minimum atomic E-state index is 0.448. The number of fused-ring (bicyclic) bond motifs is 1. The van der Waals surface area contributed by atoms with Crippen LogP contribution in [0.25, 0.3) is 11.0 Å². The predicted octanol–water partition coefficient (Wildman–Crippen LogP) is 1.33. The lowest BCUT2D eigenvalue weighted by Gasteiger charge is -2.32. The summed E-state index contributed by atoms with van der Waals surface area (Å²) in [6.07, 6.45) is 2.06. The molecule has 1 saturated heterocycles. The van der Waals surface area contributed by atoms with Crippen molar-refractivity contribution in [3.05, 3.63) is 23.5 Å². The summed E-state index contributed by atoms with van der Waals surface area (Å²) in [5.41, 5.74) is 0.915. The fourth-order valence-corrected chi connectivity index (χ4v) is 2.62. The molecule has 0 atom stereocenters. The Kier molecular flexibility index (Phi) is 3.68. The summed E-state index contributed by atoms with van der Waals surface area (Å²) < 4.78 is 2.15. The monoisotopic (exact) mass is 279 g/mol. The molecule has 102 valence electrons. The van der Waals surface area contributed by atoms with Gasteiger partial charge in [0.1, 0.15) is 0 Å². The van der Waals surface area contributed by atoms with E-state index in [0.717, 1.165) is 50.3 Å². The molecule has 0 amide bonds. The number of halogens is 1. The molecule has 1 aliphatic heterocycles. The third-order valence-corrected chi connectivity index (χ3v) is 3.92. The van der Waals surface area contributed by atoms with Crippen molar-refractivity contribution in [1.82, 2.24) is 24.6 Å². The lowest BCUT2D eigenvalue weighted by atomic mass is 10.3. The molecule has 1 aliphatic rings. The van der Waals surface area contributed by atoms with Crippen LogP contribution in [0.15, 0.2) is 18.3 Å². The number of rotatable bonds is 3. The van der Waals surface area contributed by atoms with Crippen LogP contribution in [0.5, 0.6) is 0 Å². The Morgan fingerprint density at radius 1 is 1.16 bits per heavy atom. The molecule has 3 rings (SSSR count). The highest BCUT2D eigenvalue weighted by Gasteiger charge is 2.13. The maximum atomic E-state index is 5.84. The molecule has 1 fully saturated rings. The first kappa shape index (κ1) is 12.8. The van der Waals surface area contributed by atoms with E-state index in [-0.39, 0.29) is 0 Å². The Morgan fingerprint density at radius 2 is 1.95 bits per heavy atom. The number of hydrogen-bond acceptors (Lipinski definition) is 4. The lowest BCUT2D eigenvalue weighted by molar-refractivity contribution is 0.150. The highest BCUT2D eigenvalue weighted by Crippen LogP contribution is 2.15. The molecule has 2 aromatic heterocycles. The molecule has 0 radical (unpaired) electrons. The zero-order valence-corrected chi connectivity index (χ0v) is 11.8. The SMILES string of the molecule is CN1CCN(CCn2ccc3cc(Cl)nnc32)CC1. The van der Waals surface area contributed by atoms with Crippen molar-refractivity contribution in [2.45, 2.75) is 6.54 Å². The number of hydrogen-bond donors (Lipinski definition) is 0. The molecular formula is C13H18ClN5. The first-order valence-electron chi connectivity index (χ1n) is 6.61. The molecule has 0 aliphatic carbocycles. The van der Waals surface area contributed by atoms with Gasteiger partial charge in [-0.1, -0.05) is 11.6 Å². The maximum absolute atomic E-state index is 5.84. The average Bonchev–Trinajstić information content (AvgIpc) is 2.80. The summed E-state index contributed by atoms with van der Waals surface area (Å²) >= 11 is 5.84. The Morgan fingerprint density at radius 3 is 2.74 bits per heavy atom. The number of piperazine rings is 1. The first-order chi connectivity index (χ1) is 9.22. The summed E-state index contributed by atoms with van der Waals surface area (Å²) in [6.45, 7) is 6.61. The van der Waals surface area contributed by atoms with Gasteiger partial charge in [-0.05, 0) is 19.2 Å². The van der Waals surface area contributed by atoms with Crippen molar-refractivity contribution in [1.29, 1.82) is 0 Å². The van der Waals surface area contributed by atoms with Crippen LogP contribution >= 0.6 is 11.6 Å². The number of likely N-dealkylation sites (N-methyl/N-ethyl adjacent to an activating group) is 1. The zero-order valence-electron chi connectivity index (χ0n) is 11.1. The van der Waals surface area contributed by atoms with Gasteiger partial charge in [0.2, 0.25) is 0 Å². The van der Waals surface area contributed by atoms with Gasteiger partial charge in [-0.3, -0.25) is 4.90 Å². The van der Waals surface area contributed by atoms with E-state index < -0.39 is 0 Å². The largest absolute Gasteiger partial charge is 0.330 e. The summed E-state index contributed by atoms with van der Waals surface area (Å²) in [5.74, 6) is 0. The summed E-state index contributed by atoms with van der Waals surface area (Å²) in [6, 6.07) is 3.90. The van der Waals surface area contributed by atoms with Gasteiger partial charge in [0.25, 0.3) is 0 Å². The van der Waals surface area contributed by atoms with Gasteiger partial charge in [0, 0.05) is 50.9 Å². The van der Waals surface area contributed by atoms with E-state index in [1.807, 2.05) is 12.1 Å². The molecule has 5 nitrogen and oxygen atoms in total. The molecule has 6 heteroatoms. The van der Waals surface area contributed by atoms with E-state index in [1.54, 1.807) is 0 Å². The minimum absolute atomic E-state index is 0.448. The third-order valence-electron chi connectivity index (χ3n) is 3.73. The van der Waals surface area contributed by atoms with Crippen molar-refractivity contribution in [2.24, 2.45) is 0 Å². The molecule has 0 bridgehead atoms. The normalized spacial score (nSPS) is 18.2. The molecule has 0 unspecified atom stereocenters. The second-order valence-corrected chi connectivity index (χ2v) is 5.49. The highest BCUT2D eigenvalue weighted by molar-refractivity contribution is 6.29. The van der Waals surface area contributed by atoms with Crippen LogP contribution in [-0.2, 0) is 6.54 Å². The van der Waals surface area contributed by atoms with E-state index in [4.69, 9.17) is 11.6 Å². The molecule has 0 spiro atoms. The molecular weight excluding hydrogens is 262 g/mol. The fraction of sp³-hybridized carbons (Fsp3) is 0.538. The smallest absolute Gasteiger partial charge is 0.162 e. The van der Waals surface area contributed by atoms with Crippen LogP contribution < -0.4 is 0 Å². The Bertz CT molecular complexity index is 559. The summed E-state index contributed by atoms with van der Waals surface area (Å²) in [4.78, 5) is 4.87. The fourth-order valence-electron chi connectivity index (χ4n) is 2.46. The van der Waals surface area contributed by atoms with Crippen LogP contribution in [0.2, 0.25) is 5.15 Å². The minimum Gasteiger partial charge on any atom is -0.330 e. The van der Waals surface area contributed by atoms with Crippen molar-refractivity contribution in [2.75, 3.05) is 39.8 Å². The van der Waals surface area contributed by atoms with Gasteiger partial charge < -0.3 is 9.47 Å². The van der Waals surface area contributed by atoms with E-state index in [2.05, 4.69) is 37.8 Å². The number of aromatic nitrogens is 3. The average molecular weight is 280 g/mol. The Hall–Kier alpha value is -1.17. The maximum Gasteiger partial charge on any atom is 0.162 e. The van der Waals surface area contributed by atoms with E-state index >= 15 is 0 Å². The first-order valence-corrected chi connectivity index (χ1v) is 6.99. The summed E-state index contributed by atoms with van der Waals surface area (Å²) in [5, 5.41) is 9.59. The Labute approximate surface area is 117 Å². The van der Waals surface area contributed by atoms with Gasteiger partial charge in [-0.2, -0.15) is 0 Å². The van der Waals surface area contributed by atoms with Crippen molar-refractivity contribution >= 4 is 22.6 Å². The van der Waals surface area contributed by atoms with E-state index in [9.17, 15) is 0 Å². The standard InChI is InChI=1S/C13H18ClN5/c1-17-4-6-18(7-5-17)8-9-19-3-2-11-10-12(14)15-16-13(11)19/h2-3,10H,4-9H2,1H3. The molecule has 2 aromatic rings. The molecule has 0 aromatic carbocycles. The van der Waals surface area contributed by atoms with Crippen LogP contribution in [0.4, 0.5) is 0 Å². The van der Waals surface area contributed by atoms with Crippen LogP contribution in [0.3, 0.4) is 0 Å². The van der Waals surface area contributed by atoms with Gasteiger partial charge in [-0.15, -0.1) is 10.2 Å². The van der Waals surface area contributed by atoms with Crippen molar-refractivity contribution < 1.29 is 0 Å². The Balaban J connectivity index is 1.65. The number of nitrogens with zero attached hydrogens (tertiary/aromatic N) is 5. The molecule has 0 saturated carbocycles. The van der Waals surface area contributed by atoms with Crippen molar-refractivity contribution in [3.8, 4) is 0 Å². The molecule has 0 N–H and O–H groups in total. The van der Waals surface area contributed by atoms with Gasteiger partial charge >= 0.3 is 0 Å². The van der Waals surface area contributed by atoms with Gasteiger partial charge in [0.15, 0.2) is 10.8 Å². The van der Waals surface area contributed by atoms with Gasteiger partial charge in [0.05, 0.1) is 0 Å². The quantitative estimate of drug-likeness (QED) is 0.850. The van der Waals surface area contributed by atoms with Crippen LogP contribution in [0.1, 0.15) is 0 Å². The van der Waals surface area contributed by atoms with Crippen molar-refractivity contribution in [3.63, 3.8) is 0 Å². The lowest BCUT2D eigenvalue weighted by Crippen LogP contribution is -2.45. The highest BCUT2D eigenvalue weighted by atomic mass is 35.5. The zero-order chi connectivity index (χ0) is 13.2.